The quantitative estimate of drug-likeness (QED) is 0.799. The first-order valence-electron chi connectivity index (χ1n) is 6.96. The third kappa shape index (κ3) is 4.90. The number of carbonyl (C=O) groups excluding carboxylic acids is 1. The Labute approximate surface area is 119 Å². The van der Waals surface area contributed by atoms with Crippen LogP contribution < -0.4 is 10.6 Å². The van der Waals surface area contributed by atoms with E-state index < -0.39 is 0 Å². The molecular weight excluding hydrogens is 250 g/mol. The van der Waals surface area contributed by atoms with Crippen molar-refractivity contribution in [1.29, 1.82) is 0 Å². The second kappa shape index (κ2) is 8.17. The fourth-order valence-electron chi connectivity index (χ4n) is 2.07. The Hall–Kier alpha value is -2.07. The molecule has 1 atom stereocenters. The Balaban J connectivity index is 0.000000205. The molecule has 3 N–H and O–H groups in total. The minimum absolute atomic E-state index is 0.161. The summed E-state index contributed by atoms with van der Waals surface area (Å²) in [5, 5.41) is 6.11. The summed E-state index contributed by atoms with van der Waals surface area (Å²) in [6.07, 6.45) is 4.71. The van der Waals surface area contributed by atoms with Crippen molar-refractivity contribution < 1.29 is 4.79 Å². The molecule has 0 aliphatic carbocycles. The van der Waals surface area contributed by atoms with Crippen molar-refractivity contribution >= 4 is 5.91 Å². The summed E-state index contributed by atoms with van der Waals surface area (Å²) in [7, 11) is 0. The van der Waals surface area contributed by atoms with Gasteiger partial charge in [-0.15, -0.1) is 0 Å². The fraction of sp³-hybridized carbons (Fsp3) is 0.312. The molecule has 0 radical (unpaired) electrons. The van der Waals surface area contributed by atoms with Gasteiger partial charge in [-0.05, 0) is 24.6 Å². The highest BCUT2D eigenvalue weighted by atomic mass is 16.1. The zero-order chi connectivity index (χ0) is 14.0. The highest BCUT2D eigenvalue weighted by Crippen LogP contribution is 2.07. The molecule has 1 aromatic heterocycles. The summed E-state index contributed by atoms with van der Waals surface area (Å²) in [5.74, 6) is 0.324. The molecule has 4 heteroatoms. The topological polar surface area (TPSA) is 56.9 Å². The van der Waals surface area contributed by atoms with Gasteiger partial charge in [0.05, 0.1) is 5.92 Å². The third-order valence-corrected chi connectivity index (χ3v) is 3.23. The van der Waals surface area contributed by atoms with E-state index in [0.717, 1.165) is 25.1 Å². The van der Waals surface area contributed by atoms with Gasteiger partial charge in [-0.25, -0.2) is 0 Å². The maximum absolute atomic E-state index is 11.6. The number of benzene rings is 1. The first kappa shape index (κ1) is 14.3. The van der Waals surface area contributed by atoms with Crippen LogP contribution >= 0.6 is 0 Å². The molecule has 1 saturated heterocycles. The van der Waals surface area contributed by atoms with Crippen molar-refractivity contribution in [3.63, 3.8) is 0 Å². The van der Waals surface area contributed by atoms with E-state index in [1.807, 2.05) is 54.9 Å². The van der Waals surface area contributed by atoms with Crippen LogP contribution in [0.2, 0.25) is 0 Å². The molecule has 1 aliphatic heterocycles. The van der Waals surface area contributed by atoms with Crippen LogP contribution in [0.5, 0.6) is 0 Å². The van der Waals surface area contributed by atoms with Gasteiger partial charge in [-0.3, -0.25) is 4.79 Å². The smallest absolute Gasteiger partial charge is 0.224 e. The van der Waals surface area contributed by atoms with Crippen LogP contribution in [0.3, 0.4) is 0 Å². The zero-order valence-electron chi connectivity index (χ0n) is 11.5. The van der Waals surface area contributed by atoms with Crippen molar-refractivity contribution in [1.82, 2.24) is 15.6 Å². The maximum Gasteiger partial charge on any atom is 0.224 e. The second-order valence-electron chi connectivity index (χ2n) is 4.78. The summed E-state index contributed by atoms with van der Waals surface area (Å²) in [5.41, 5.74) is 1.12. The molecule has 2 heterocycles. The summed E-state index contributed by atoms with van der Waals surface area (Å²) in [6, 6.07) is 14.0. The summed E-state index contributed by atoms with van der Waals surface area (Å²) < 4.78 is 0. The minimum atomic E-state index is 0.161. The van der Waals surface area contributed by atoms with Crippen molar-refractivity contribution in [3.8, 4) is 0 Å². The number of rotatable bonds is 3. The molecule has 0 bridgehead atoms. The number of hydrogen-bond donors (Lipinski definition) is 3. The molecular formula is C16H21N3O. The highest BCUT2D eigenvalue weighted by Gasteiger charge is 2.21. The number of aromatic nitrogens is 1. The van der Waals surface area contributed by atoms with Gasteiger partial charge in [0, 0.05) is 25.5 Å². The molecule has 1 amide bonds. The number of amides is 1. The van der Waals surface area contributed by atoms with E-state index in [0.29, 0.717) is 6.54 Å². The second-order valence-corrected chi connectivity index (χ2v) is 4.78. The fourth-order valence-corrected chi connectivity index (χ4v) is 2.07. The van der Waals surface area contributed by atoms with E-state index >= 15 is 0 Å². The van der Waals surface area contributed by atoms with Gasteiger partial charge in [-0.1, -0.05) is 36.4 Å². The number of aromatic amines is 1. The molecule has 2 aromatic rings. The Kier molecular flexibility index (Phi) is 5.86. The van der Waals surface area contributed by atoms with Gasteiger partial charge in [0.15, 0.2) is 0 Å². The van der Waals surface area contributed by atoms with E-state index in [1.54, 1.807) is 0 Å². The van der Waals surface area contributed by atoms with E-state index in [1.165, 1.54) is 0 Å². The first-order chi connectivity index (χ1) is 9.86. The van der Waals surface area contributed by atoms with Gasteiger partial charge in [0.2, 0.25) is 5.91 Å². The summed E-state index contributed by atoms with van der Waals surface area (Å²) >= 11 is 0. The molecule has 0 saturated carbocycles. The first-order valence-corrected chi connectivity index (χ1v) is 6.96. The van der Waals surface area contributed by atoms with Crippen LogP contribution in [0.25, 0.3) is 0 Å². The predicted octanol–water partition coefficient (Wildman–Crippen LogP) is 1.93. The largest absolute Gasteiger partial charge is 0.367 e. The van der Waals surface area contributed by atoms with Gasteiger partial charge in [0.1, 0.15) is 0 Å². The Morgan fingerprint density at radius 3 is 2.40 bits per heavy atom. The molecule has 1 aromatic carbocycles. The number of H-pyrrole nitrogens is 1. The maximum atomic E-state index is 11.6. The van der Waals surface area contributed by atoms with Gasteiger partial charge in [-0.2, -0.15) is 0 Å². The average molecular weight is 271 g/mol. The summed E-state index contributed by atoms with van der Waals surface area (Å²) in [4.78, 5) is 14.5. The molecule has 1 unspecified atom stereocenters. The molecule has 106 valence electrons. The van der Waals surface area contributed by atoms with Crippen LogP contribution in [0, 0.1) is 5.92 Å². The molecule has 4 nitrogen and oxygen atoms in total. The molecule has 3 rings (SSSR count). The van der Waals surface area contributed by atoms with Crippen molar-refractivity contribution in [2.24, 2.45) is 5.92 Å². The standard InChI is InChI=1S/C10H15N3O.C6H6/c14-10(9-2-4-12-7-9)13-6-8-1-3-11-5-8;1-2-4-6-5-3-1/h1,3,5,9,11-12H,2,4,6-7H2,(H,13,14);1-6H. The molecule has 0 spiro atoms. The van der Waals surface area contributed by atoms with Crippen molar-refractivity contribution in [3.05, 3.63) is 60.4 Å². The van der Waals surface area contributed by atoms with Gasteiger partial charge >= 0.3 is 0 Å². The average Bonchev–Trinajstić information content (AvgIpc) is 3.20. The van der Waals surface area contributed by atoms with Crippen LogP contribution in [0.15, 0.2) is 54.9 Å². The Morgan fingerprint density at radius 2 is 1.90 bits per heavy atom. The van der Waals surface area contributed by atoms with Crippen molar-refractivity contribution in [2.45, 2.75) is 13.0 Å². The van der Waals surface area contributed by atoms with Crippen LogP contribution in [-0.4, -0.2) is 24.0 Å². The van der Waals surface area contributed by atoms with E-state index in [2.05, 4.69) is 15.6 Å². The van der Waals surface area contributed by atoms with Crippen LogP contribution in [0.4, 0.5) is 0 Å². The summed E-state index contributed by atoms with van der Waals surface area (Å²) in [6.45, 7) is 2.40. The SMILES string of the molecule is O=C(NCc1cc[nH]c1)C1CCNC1.c1ccccc1. The number of carbonyl (C=O) groups is 1. The molecule has 1 aliphatic rings. The predicted molar refractivity (Wildman–Crippen MR) is 80.1 cm³/mol. The van der Waals surface area contributed by atoms with Crippen LogP contribution in [-0.2, 0) is 11.3 Å². The number of nitrogens with one attached hydrogen (secondary N) is 3. The Bertz CT molecular complexity index is 449. The third-order valence-electron chi connectivity index (χ3n) is 3.23. The monoisotopic (exact) mass is 271 g/mol. The van der Waals surface area contributed by atoms with E-state index in [-0.39, 0.29) is 11.8 Å². The lowest BCUT2D eigenvalue weighted by atomic mass is 10.1. The highest BCUT2D eigenvalue weighted by molar-refractivity contribution is 5.79. The Morgan fingerprint density at radius 1 is 1.20 bits per heavy atom. The lowest BCUT2D eigenvalue weighted by Gasteiger charge is -2.08. The lowest BCUT2D eigenvalue weighted by Crippen LogP contribution is -2.31. The van der Waals surface area contributed by atoms with E-state index in [4.69, 9.17) is 0 Å². The number of hydrogen-bond acceptors (Lipinski definition) is 2. The van der Waals surface area contributed by atoms with Gasteiger partial charge in [0.25, 0.3) is 0 Å². The van der Waals surface area contributed by atoms with Crippen LogP contribution in [0.1, 0.15) is 12.0 Å². The molecule has 1 fully saturated rings. The normalized spacial score (nSPS) is 17.1. The van der Waals surface area contributed by atoms with Gasteiger partial charge < -0.3 is 15.6 Å². The minimum Gasteiger partial charge on any atom is -0.367 e. The zero-order valence-corrected chi connectivity index (χ0v) is 11.5. The lowest BCUT2D eigenvalue weighted by molar-refractivity contribution is -0.124. The van der Waals surface area contributed by atoms with E-state index in [9.17, 15) is 4.79 Å². The molecule has 20 heavy (non-hydrogen) atoms. The van der Waals surface area contributed by atoms with Crippen molar-refractivity contribution in [2.75, 3.05) is 13.1 Å².